The predicted molar refractivity (Wildman–Crippen MR) is 92.5 cm³/mol. The first-order valence-electron chi connectivity index (χ1n) is 8.85. The van der Waals surface area contributed by atoms with E-state index in [2.05, 4.69) is 41.5 Å². The van der Waals surface area contributed by atoms with Crippen LogP contribution in [0.1, 0.15) is 43.4 Å². The van der Waals surface area contributed by atoms with Gasteiger partial charge in [0.25, 0.3) is 0 Å². The molecule has 1 fully saturated rings. The Morgan fingerprint density at radius 1 is 1.20 bits per heavy atom. The lowest BCUT2D eigenvalue weighted by Gasteiger charge is -2.34. The quantitative estimate of drug-likeness (QED) is 0.769. The van der Waals surface area contributed by atoms with E-state index in [1.807, 2.05) is 12.3 Å². The van der Waals surface area contributed by atoms with Gasteiger partial charge in [-0.1, -0.05) is 0 Å². The normalized spacial score (nSPS) is 21.6. The Morgan fingerprint density at radius 2 is 2.08 bits per heavy atom. The predicted octanol–water partition coefficient (Wildman–Crippen LogP) is 2.02. The van der Waals surface area contributed by atoms with Crippen molar-refractivity contribution in [2.24, 2.45) is 0 Å². The summed E-state index contributed by atoms with van der Waals surface area (Å²) in [7, 11) is 0. The number of H-pyrrole nitrogens is 1. The van der Waals surface area contributed by atoms with Crippen LogP contribution < -0.4 is 4.90 Å². The SMILES string of the molecule is C[C@H]1CN(c2ncnc3[nH]ccc23)Cc2nnc(C3CCOCC3)n21. The van der Waals surface area contributed by atoms with Crippen LogP contribution in [-0.2, 0) is 11.3 Å². The maximum Gasteiger partial charge on any atom is 0.152 e. The summed E-state index contributed by atoms with van der Waals surface area (Å²) in [6.45, 7) is 5.48. The highest BCUT2D eigenvalue weighted by Gasteiger charge is 2.31. The lowest BCUT2D eigenvalue weighted by atomic mass is 9.99. The fourth-order valence-electron chi connectivity index (χ4n) is 4.07. The molecule has 2 aliphatic rings. The van der Waals surface area contributed by atoms with E-state index in [-0.39, 0.29) is 0 Å². The Hall–Kier alpha value is -2.48. The van der Waals surface area contributed by atoms with Gasteiger partial charge in [0.15, 0.2) is 5.82 Å². The number of aromatic nitrogens is 6. The van der Waals surface area contributed by atoms with Gasteiger partial charge in [-0.2, -0.15) is 0 Å². The van der Waals surface area contributed by atoms with E-state index in [1.54, 1.807) is 6.33 Å². The maximum atomic E-state index is 5.49. The van der Waals surface area contributed by atoms with Gasteiger partial charge in [0.2, 0.25) is 0 Å². The average molecular weight is 339 g/mol. The summed E-state index contributed by atoms with van der Waals surface area (Å²) in [4.78, 5) is 14.2. The number of fused-ring (bicyclic) bond motifs is 2. The molecule has 0 aliphatic carbocycles. The maximum absolute atomic E-state index is 5.49. The van der Waals surface area contributed by atoms with Crippen molar-refractivity contribution in [3.63, 3.8) is 0 Å². The molecular formula is C17H21N7O. The van der Waals surface area contributed by atoms with E-state index in [4.69, 9.17) is 4.74 Å². The molecule has 0 radical (unpaired) electrons. The molecule has 0 spiro atoms. The molecule has 3 aromatic heterocycles. The van der Waals surface area contributed by atoms with Crippen molar-refractivity contribution >= 4 is 16.9 Å². The van der Waals surface area contributed by atoms with E-state index in [0.29, 0.717) is 12.0 Å². The van der Waals surface area contributed by atoms with Crippen LogP contribution in [0.15, 0.2) is 18.6 Å². The van der Waals surface area contributed by atoms with Gasteiger partial charge in [-0.05, 0) is 25.8 Å². The van der Waals surface area contributed by atoms with Crippen molar-refractivity contribution in [1.29, 1.82) is 0 Å². The Morgan fingerprint density at radius 3 is 2.96 bits per heavy atom. The lowest BCUT2D eigenvalue weighted by molar-refractivity contribution is 0.0823. The number of aromatic amines is 1. The number of rotatable bonds is 2. The Labute approximate surface area is 145 Å². The third-order valence-electron chi connectivity index (χ3n) is 5.27. The standard InChI is InChI=1S/C17H21N7O/c1-11-8-23(17-13-2-5-18-15(13)19-10-20-17)9-14-21-22-16(24(11)14)12-3-6-25-7-4-12/h2,5,10-12H,3-4,6-9H2,1H3,(H,18,19,20)/t11-/m0/s1. The van der Waals surface area contributed by atoms with Gasteiger partial charge < -0.3 is 19.2 Å². The molecule has 0 saturated carbocycles. The zero-order chi connectivity index (χ0) is 16.8. The Balaban J connectivity index is 1.49. The summed E-state index contributed by atoms with van der Waals surface area (Å²) in [5.74, 6) is 3.56. The van der Waals surface area contributed by atoms with Crippen LogP contribution >= 0.6 is 0 Å². The van der Waals surface area contributed by atoms with Crippen molar-refractivity contribution in [3.05, 3.63) is 30.2 Å². The van der Waals surface area contributed by atoms with Crippen LogP contribution in [0, 0.1) is 0 Å². The molecule has 3 aromatic rings. The lowest BCUT2D eigenvalue weighted by Crippen LogP contribution is -2.38. The first-order valence-corrected chi connectivity index (χ1v) is 8.85. The van der Waals surface area contributed by atoms with Gasteiger partial charge in [0.05, 0.1) is 18.0 Å². The first-order chi connectivity index (χ1) is 12.3. The molecule has 5 heterocycles. The molecule has 130 valence electrons. The van der Waals surface area contributed by atoms with Crippen LogP contribution in [0.25, 0.3) is 11.0 Å². The molecule has 0 amide bonds. The van der Waals surface area contributed by atoms with Crippen LogP contribution in [0.2, 0.25) is 0 Å². The second-order valence-corrected chi connectivity index (χ2v) is 6.90. The zero-order valence-corrected chi connectivity index (χ0v) is 14.2. The monoisotopic (exact) mass is 339 g/mol. The third kappa shape index (κ3) is 2.39. The second kappa shape index (κ2) is 5.80. The molecule has 0 unspecified atom stereocenters. The first kappa shape index (κ1) is 14.8. The average Bonchev–Trinajstić information content (AvgIpc) is 3.29. The van der Waals surface area contributed by atoms with Crippen molar-refractivity contribution in [2.45, 2.75) is 38.3 Å². The van der Waals surface area contributed by atoms with Crippen molar-refractivity contribution in [2.75, 3.05) is 24.7 Å². The number of nitrogens with one attached hydrogen (secondary N) is 1. The molecule has 8 heteroatoms. The Kier molecular flexibility index (Phi) is 3.44. The van der Waals surface area contributed by atoms with Gasteiger partial charge in [0, 0.05) is 31.9 Å². The van der Waals surface area contributed by atoms with E-state index >= 15 is 0 Å². The molecule has 0 aromatic carbocycles. The highest BCUT2D eigenvalue weighted by molar-refractivity contribution is 5.87. The number of nitrogens with zero attached hydrogens (tertiary/aromatic N) is 6. The van der Waals surface area contributed by atoms with E-state index < -0.39 is 0 Å². The fourth-order valence-corrected chi connectivity index (χ4v) is 4.07. The molecule has 1 N–H and O–H groups in total. The van der Waals surface area contributed by atoms with E-state index in [9.17, 15) is 0 Å². The molecule has 5 rings (SSSR count). The van der Waals surface area contributed by atoms with Gasteiger partial charge in [0.1, 0.15) is 23.6 Å². The number of anilines is 1. The van der Waals surface area contributed by atoms with Crippen LogP contribution in [-0.4, -0.2) is 49.5 Å². The van der Waals surface area contributed by atoms with Crippen LogP contribution in [0.3, 0.4) is 0 Å². The highest BCUT2D eigenvalue weighted by atomic mass is 16.5. The molecule has 1 atom stereocenters. The number of hydrogen-bond donors (Lipinski definition) is 1. The summed E-state index contributed by atoms with van der Waals surface area (Å²) in [6.07, 6.45) is 5.59. The van der Waals surface area contributed by atoms with Gasteiger partial charge >= 0.3 is 0 Å². The summed E-state index contributed by atoms with van der Waals surface area (Å²) in [5.41, 5.74) is 0.868. The van der Waals surface area contributed by atoms with Gasteiger partial charge in [-0.15, -0.1) is 10.2 Å². The largest absolute Gasteiger partial charge is 0.381 e. The van der Waals surface area contributed by atoms with Crippen LogP contribution in [0.4, 0.5) is 5.82 Å². The fraction of sp³-hybridized carbons (Fsp3) is 0.529. The van der Waals surface area contributed by atoms with Crippen molar-refractivity contribution in [3.8, 4) is 0 Å². The smallest absolute Gasteiger partial charge is 0.152 e. The van der Waals surface area contributed by atoms with Gasteiger partial charge in [-0.25, -0.2) is 9.97 Å². The van der Waals surface area contributed by atoms with E-state index in [0.717, 1.165) is 67.6 Å². The number of hydrogen-bond acceptors (Lipinski definition) is 6. The molecule has 8 nitrogen and oxygen atoms in total. The summed E-state index contributed by atoms with van der Waals surface area (Å²) >= 11 is 0. The molecule has 2 aliphatic heterocycles. The third-order valence-corrected chi connectivity index (χ3v) is 5.27. The molecular weight excluding hydrogens is 318 g/mol. The zero-order valence-electron chi connectivity index (χ0n) is 14.2. The minimum absolute atomic E-state index is 0.306. The summed E-state index contributed by atoms with van der Waals surface area (Å²) in [6, 6.07) is 2.34. The van der Waals surface area contributed by atoms with Gasteiger partial charge in [-0.3, -0.25) is 0 Å². The minimum Gasteiger partial charge on any atom is -0.381 e. The van der Waals surface area contributed by atoms with E-state index in [1.165, 1.54) is 0 Å². The molecule has 0 bridgehead atoms. The second-order valence-electron chi connectivity index (χ2n) is 6.90. The van der Waals surface area contributed by atoms with Crippen molar-refractivity contribution < 1.29 is 4.74 Å². The van der Waals surface area contributed by atoms with Crippen molar-refractivity contribution in [1.82, 2.24) is 29.7 Å². The minimum atomic E-state index is 0.306. The molecule has 1 saturated heterocycles. The topological polar surface area (TPSA) is 84.8 Å². The van der Waals surface area contributed by atoms with Crippen LogP contribution in [0.5, 0.6) is 0 Å². The highest BCUT2D eigenvalue weighted by Crippen LogP contribution is 2.33. The Bertz CT molecular complexity index is 895. The summed E-state index contributed by atoms with van der Waals surface area (Å²) in [5, 5.41) is 10.1. The molecule has 25 heavy (non-hydrogen) atoms. The summed E-state index contributed by atoms with van der Waals surface area (Å²) < 4.78 is 7.83. The number of ether oxygens (including phenoxy) is 1.